The summed E-state index contributed by atoms with van der Waals surface area (Å²) in [5.41, 5.74) is 1.05. The van der Waals surface area contributed by atoms with Gasteiger partial charge in [0.1, 0.15) is 0 Å². The number of carbonyl (C=O) groups is 2. The van der Waals surface area contributed by atoms with Crippen LogP contribution in [0.3, 0.4) is 0 Å². The van der Waals surface area contributed by atoms with Crippen molar-refractivity contribution < 1.29 is 9.59 Å². The molecule has 140 valence electrons. The lowest BCUT2D eigenvalue weighted by molar-refractivity contribution is -0.146. The molecule has 1 aromatic carbocycles. The molecule has 4 rings (SSSR count). The van der Waals surface area contributed by atoms with Crippen LogP contribution in [0.25, 0.3) is 0 Å². The summed E-state index contributed by atoms with van der Waals surface area (Å²) in [6, 6.07) is 10.5. The maximum atomic E-state index is 13.2. The lowest BCUT2D eigenvalue weighted by atomic mass is 9.78. The average Bonchev–Trinajstić information content (AvgIpc) is 3.37. The second-order valence-corrected chi connectivity index (χ2v) is 8.48. The molecule has 4 nitrogen and oxygen atoms in total. The van der Waals surface area contributed by atoms with Gasteiger partial charge in [-0.1, -0.05) is 30.3 Å². The van der Waals surface area contributed by atoms with Crippen LogP contribution in [0.1, 0.15) is 50.5 Å². The largest absolute Gasteiger partial charge is 0.342 e. The third kappa shape index (κ3) is 3.79. The molecule has 4 heteroatoms. The fraction of sp³-hybridized carbons (Fsp3) is 0.636. The first-order valence-electron chi connectivity index (χ1n) is 10.3. The van der Waals surface area contributed by atoms with E-state index in [4.69, 9.17) is 0 Å². The SMILES string of the molecule is O=C(CC1CC1)N1CC[C@]2(CCCN(CCCc3ccccc3)C2=O)C1. The first-order valence-corrected chi connectivity index (χ1v) is 10.3. The van der Waals surface area contributed by atoms with Crippen molar-refractivity contribution in [3.05, 3.63) is 35.9 Å². The maximum absolute atomic E-state index is 13.2. The Morgan fingerprint density at radius 2 is 1.92 bits per heavy atom. The molecule has 0 aromatic heterocycles. The summed E-state index contributed by atoms with van der Waals surface area (Å²) in [4.78, 5) is 29.7. The van der Waals surface area contributed by atoms with Crippen molar-refractivity contribution in [2.24, 2.45) is 11.3 Å². The van der Waals surface area contributed by atoms with Gasteiger partial charge in [-0.15, -0.1) is 0 Å². The van der Waals surface area contributed by atoms with Crippen LogP contribution >= 0.6 is 0 Å². The van der Waals surface area contributed by atoms with Gasteiger partial charge in [0, 0.05) is 32.6 Å². The number of aryl methyl sites for hydroxylation is 1. The highest BCUT2D eigenvalue weighted by atomic mass is 16.2. The molecule has 0 bridgehead atoms. The smallest absolute Gasteiger partial charge is 0.230 e. The van der Waals surface area contributed by atoms with E-state index in [-0.39, 0.29) is 11.3 Å². The monoisotopic (exact) mass is 354 g/mol. The molecule has 1 spiro atoms. The highest BCUT2D eigenvalue weighted by Gasteiger charge is 2.49. The predicted octanol–water partition coefficient (Wildman–Crippen LogP) is 3.26. The van der Waals surface area contributed by atoms with Crippen molar-refractivity contribution in [2.45, 2.75) is 51.4 Å². The number of benzene rings is 1. The molecule has 2 amide bonds. The van der Waals surface area contributed by atoms with Gasteiger partial charge in [0.25, 0.3) is 0 Å². The number of hydrogen-bond donors (Lipinski definition) is 0. The second kappa shape index (κ2) is 7.42. The molecule has 0 radical (unpaired) electrons. The summed E-state index contributed by atoms with van der Waals surface area (Å²) >= 11 is 0. The van der Waals surface area contributed by atoms with Gasteiger partial charge in [-0.3, -0.25) is 9.59 Å². The van der Waals surface area contributed by atoms with Gasteiger partial charge < -0.3 is 9.80 Å². The van der Waals surface area contributed by atoms with E-state index in [9.17, 15) is 9.59 Å². The molecule has 2 aliphatic heterocycles. The lowest BCUT2D eigenvalue weighted by Crippen LogP contribution is -2.50. The first-order chi connectivity index (χ1) is 12.7. The van der Waals surface area contributed by atoms with E-state index in [2.05, 4.69) is 29.2 Å². The Kier molecular flexibility index (Phi) is 5.01. The Bertz CT molecular complexity index is 655. The molecule has 26 heavy (non-hydrogen) atoms. The zero-order valence-corrected chi connectivity index (χ0v) is 15.7. The van der Waals surface area contributed by atoms with Crippen LogP contribution in [0.4, 0.5) is 0 Å². The number of nitrogens with zero attached hydrogens (tertiary/aromatic N) is 2. The Hall–Kier alpha value is -1.84. The standard InChI is InChI=1S/C22H30N2O2/c25-20(16-19-9-10-19)24-15-12-22(17-24)11-5-14-23(21(22)26)13-4-8-18-6-2-1-3-7-18/h1-3,6-7,19H,4-5,8-17H2/t22-/m1/s1. The van der Waals surface area contributed by atoms with E-state index in [0.717, 1.165) is 51.7 Å². The number of piperidine rings is 1. The highest BCUT2D eigenvalue weighted by molar-refractivity contribution is 5.86. The van der Waals surface area contributed by atoms with E-state index >= 15 is 0 Å². The molecule has 1 atom stereocenters. The minimum Gasteiger partial charge on any atom is -0.342 e. The van der Waals surface area contributed by atoms with Gasteiger partial charge >= 0.3 is 0 Å². The normalized spacial score (nSPS) is 25.9. The van der Waals surface area contributed by atoms with Crippen molar-refractivity contribution in [3.8, 4) is 0 Å². The summed E-state index contributed by atoms with van der Waals surface area (Å²) in [5, 5.41) is 0. The summed E-state index contributed by atoms with van der Waals surface area (Å²) in [5.74, 6) is 1.20. The third-order valence-electron chi connectivity index (χ3n) is 6.43. The topological polar surface area (TPSA) is 40.6 Å². The molecule has 0 unspecified atom stereocenters. The zero-order valence-electron chi connectivity index (χ0n) is 15.7. The predicted molar refractivity (Wildman–Crippen MR) is 102 cm³/mol. The van der Waals surface area contributed by atoms with Crippen molar-refractivity contribution >= 4 is 11.8 Å². The van der Waals surface area contributed by atoms with Gasteiger partial charge in [-0.25, -0.2) is 0 Å². The van der Waals surface area contributed by atoms with E-state index in [1.165, 1.54) is 18.4 Å². The third-order valence-corrected chi connectivity index (χ3v) is 6.43. The number of amides is 2. The second-order valence-electron chi connectivity index (χ2n) is 8.48. The number of rotatable bonds is 6. The Labute approximate surface area is 156 Å². The molecule has 1 aliphatic carbocycles. The average molecular weight is 354 g/mol. The van der Waals surface area contributed by atoms with Gasteiger partial charge in [-0.2, -0.15) is 0 Å². The van der Waals surface area contributed by atoms with Crippen molar-refractivity contribution in [2.75, 3.05) is 26.2 Å². The summed E-state index contributed by atoms with van der Waals surface area (Å²) < 4.78 is 0. The van der Waals surface area contributed by atoms with E-state index in [1.807, 2.05) is 11.0 Å². The van der Waals surface area contributed by atoms with Crippen molar-refractivity contribution in [1.29, 1.82) is 0 Å². The fourth-order valence-electron chi connectivity index (χ4n) is 4.65. The van der Waals surface area contributed by atoms with Crippen LogP contribution in [-0.2, 0) is 16.0 Å². The Balaban J connectivity index is 1.31. The molecular weight excluding hydrogens is 324 g/mol. The fourth-order valence-corrected chi connectivity index (χ4v) is 4.65. The van der Waals surface area contributed by atoms with Crippen molar-refractivity contribution in [1.82, 2.24) is 9.80 Å². The minimum atomic E-state index is -0.287. The van der Waals surface area contributed by atoms with E-state index in [1.54, 1.807) is 0 Å². The molecule has 0 N–H and O–H groups in total. The van der Waals surface area contributed by atoms with E-state index in [0.29, 0.717) is 24.8 Å². The van der Waals surface area contributed by atoms with Crippen LogP contribution in [0.5, 0.6) is 0 Å². The minimum absolute atomic E-state index is 0.276. The van der Waals surface area contributed by atoms with Crippen LogP contribution in [-0.4, -0.2) is 47.8 Å². The molecule has 3 fully saturated rings. The quantitative estimate of drug-likeness (QED) is 0.787. The molecule has 2 heterocycles. The Morgan fingerprint density at radius 1 is 1.12 bits per heavy atom. The van der Waals surface area contributed by atoms with Gasteiger partial charge in [0.15, 0.2) is 0 Å². The summed E-state index contributed by atoms with van der Waals surface area (Å²) in [6.45, 7) is 3.15. The van der Waals surface area contributed by atoms with Gasteiger partial charge in [0.2, 0.25) is 11.8 Å². The maximum Gasteiger partial charge on any atom is 0.230 e. The summed E-state index contributed by atoms with van der Waals surface area (Å²) in [6.07, 6.45) is 8.02. The first kappa shape index (κ1) is 17.6. The lowest BCUT2D eigenvalue weighted by Gasteiger charge is -2.39. The van der Waals surface area contributed by atoms with Gasteiger partial charge in [0.05, 0.1) is 5.41 Å². The van der Waals surface area contributed by atoms with Crippen molar-refractivity contribution in [3.63, 3.8) is 0 Å². The molecule has 1 saturated carbocycles. The summed E-state index contributed by atoms with van der Waals surface area (Å²) in [7, 11) is 0. The molecular formula is C22H30N2O2. The number of carbonyl (C=O) groups excluding carboxylic acids is 2. The van der Waals surface area contributed by atoms with Crippen LogP contribution < -0.4 is 0 Å². The number of likely N-dealkylation sites (tertiary alicyclic amines) is 2. The highest BCUT2D eigenvalue weighted by Crippen LogP contribution is 2.41. The van der Waals surface area contributed by atoms with Gasteiger partial charge in [-0.05, 0) is 56.4 Å². The molecule has 2 saturated heterocycles. The zero-order chi connectivity index (χ0) is 18.0. The molecule has 3 aliphatic rings. The van der Waals surface area contributed by atoms with E-state index < -0.39 is 0 Å². The number of hydrogen-bond acceptors (Lipinski definition) is 2. The van der Waals surface area contributed by atoms with Crippen LogP contribution in [0, 0.1) is 11.3 Å². The van der Waals surface area contributed by atoms with Crippen LogP contribution in [0.2, 0.25) is 0 Å². The molecule has 1 aromatic rings. The Morgan fingerprint density at radius 3 is 2.69 bits per heavy atom. The van der Waals surface area contributed by atoms with Crippen LogP contribution in [0.15, 0.2) is 30.3 Å².